The molecule has 0 bridgehead atoms. The molecule has 0 amide bonds. The van der Waals surface area contributed by atoms with Gasteiger partial charge in [0.1, 0.15) is 29.5 Å². The summed E-state index contributed by atoms with van der Waals surface area (Å²) in [6.07, 6.45) is -5.37. The van der Waals surface area contributed by atoms with Crippen molar-refractivity contribution in [3.63, 3.8) is 0 Å². The molecule has 8 heteroatoms. The Bertz CT molecular complexity index is 830. The number of pyridine rings is 1. The highest BCUT2D eigenvalue weighted by molar-refractivity contribution is 5.55. The van der Waals surface area contributed by atoms with E-state index in [2.05, 4.69) is 4.98 Å². The van der Waals surface area contributed by atoms with Crippen molar-refractivity contribution in [1.82, 2.24) is 4.98 Å². The first-order valence-corrected chi connectivity index (χ1v) is 7.92. The first-order chi connectivity index (χ1) is 12.3. The smallest absolute Gasteiger partial charge is 0.367 e. The molecule has 4 nitrogen and oxygen atoms in total. The minimum atomic E-state index is -4.60. The van der Waals surface area contributed by atoms with Crippen LogP contribution in [0, 0.1) is 17.1 Å². The molecular formula is C18H15F4N3O. The number of anilines is 1. The van der Waals surface area contributed by atoms with E-state index in [0.717, 1.165) is 12.1 Å². The summed E-state index contributed by atoms with van der Waals surface area (Å²) in [4.78, 5) is 5.29. The van der Waals surface area contributed by atoms with Crippen molar-refractivity contribution in [3.05, 3.63) is 59.0 Å². The minimum Gasteiger partial charge on any atom is -0.367 e. The number of benzene rings is 1. The van der Waals surface area contributed by atoms with Crippen LogP contribution in [0.2, 0.25) is 0 Å². The summed E-state index contributed by atoms with van der Waals surface area (Å²) in [7, 11) is 0. The van der Waals surface area contributed by atoms with E-state index in [0.29, 0.717) is 12.1 Å². The van der Waals surface area contributed by atoms with Crippen LogP contribution in [-0.4, -0.2) is 24.2 Å². The maximum Gasteiger partial charge on any atom is 0.433 e. The highest BCUT2D eigenvalue weighted by Crippen LogP contribution is 2.33. The van der Waals surface area contributed by atoms with Crippen molar-refractivity contribution in [1.29, 1.82) is 5.26 Å². The average molecular weight is 365 g/mol. The molecule has 1 aromatic heterocycles. The van der Waals surface area contributed by atoms with Gasteiger partial charge in [-0.3, -0.25) is 0 Å². The number of halogens is 4. The zero-order valence-corrected chi connectivity index (χ0v) is 13.8. The monoisotopic (exact) mass is 365 g/mol. The van der Waals surface area contributed by atoms with Crippen molar-refractivity contribution in [2.75, 3.05) is 18.0 Å². The van der Waals surface area contributed by atoms with E-state index in [1.54, 1.807) is 24.0 Å². The summed E-state index contributed by atoms with van der Waals surface area (Å²) in [5.41, 5.74) is -0.289. The third kappa shape index (κ3) is 3.78. The topological polar surface area (TPSA) is 49.2 Å². The lowest BCUT2D eigenvalue weighted by molar-refractivity contribution is -0.141. The lowest BCUT2D eigenvalue weighted by atomic mass is 10.1. The summed E-state index contributed by atoms with van der Waals surface area (Å²) in [6.45, 7) is 2.28. The summed E-state index contributed by atoms with van der Waals surface area (Å²) in [5.74, 6) is -0.412. The van der Waals surface area contributed by atoms with Crippen LogP contribution in [0.4, 0.5) is 23.4 Å². The number of alkyl halides is 3. The van der Waals surface area contributed by atoms with Gasteiger partial charge in [0.05, 0.1) is 11.7 Å². The highest BCUT2D eigenvalue weighted by Gasteiger charge is 2.35. The molecule has 1 aliphatic rings. The fourth-order valence-corrected chi connectivity index (χ4v) is 2.92. The number of hydrogen-bond donors (Lipinski definition) is 0. The Morgan fingerprint density at radius 2 is 1.85 bits per heavy atom. The van der Waals surface area contributed by atoms with E-state index in [-0.39, 0.29) is 29.8 Å². The molecule has 0 radical (unpaired) electrons. The zero-order valence-electron chi connectivity index (χ0n) is 13.8. The number of rotatable bonds is 2. The molecule has 1 saturated heterocycles. The van der Waals surface area contributed by atoms with Gasteiger partial charge in [-0.25, -0.2) is 9.37 Å². The number of aromatic nitrogens is 1. The van der Waals surface area contributed by atoms with Gasteiger partial charge in [0.25, 0.3) is 0 Å². The van der Waals surface area contributed by atoms with Gasteiger partial charge in [0.15, 0.2) is 0 Å². The molecule has 0 spiro atoms. The third-order valence-corrected chi connectivity index (χ3v) is 4.09. The molecular weight excluding hydrogens is 350 g/mol. The fraction of sp³-hybridized carbons (Fsp3) is 0.333. The van der Waals surface area contributed by atoms with Crippen molar-refractivity contribution < 1.29 is 22.3 Å². The molecule has 0 aliphatic carbocycles. The summed E-state index contributed by atoms with van der Waals surface area (Å²) in [5, 5.41) is 9.25. The Balaban J connectivity index is 1.95. The van der Waals surface area contributed by atoms with Gasteiger partial charge in [-0.15, -0.1) is 0 Å². The SMILES string of the molecule is CC1CN(c2nc(C(F)(F)F)ccc2C#N)CC(c2ccc(F)cc2)O1. The maximum atomic E-state index is 13.1. The molecule has 2 aromatic rings. The third-order valence-electron chi connectivity index (χ3n) is 4.09. The van der Waals surface area contributed by atoms with Gasteiger partial charge in [-0.1, -0.05) is 12.1 Å². The summed E-state index contributed by atoms with van der Waals surface area (Å²) < 4.78 is 58.0. The standard InChI is InChI=1S/C18H15F4N3O/c1-11-9-25(10-15(26-11)12-2-5-14(19)6-3-12)17-13(8-23)4-7-16(24-17)18(20,21)22/h2-7,11,15H,9-10H2,1H3. The van der Waals surface area contributed by atoms with Crippen LogP contribution in [0.15, 0.2) is 36.4 Å². The summed E-state index contributed by atoms with van der Waals surface area (Å²) in [6, 6.07) is 9.54. The Kier molecular flexibility index (Phi) is 4.83. The van der Waals surface area contributed by atoms with Crippen molar-refractivity contribution in [2.45, 2.75) is 25.3 Å². The first kappa shape index (κ1) is 18.1. The number of morpholine rings is 1. The van der Waals surface area contributed by atoms with Gasteiger partial charge >= 0.3 is 6.18 Å². The molecule has 2 unspecified atom stereocenters. The van der Waals surface area contributed by atoms with Crippen LogP contribution in [0.1, 0.15) is 29.8 Å². The number of nitriles is 1. The molecule has 2 atom stereocenters. The lowest BCUT2D eigenvalue weighted by Gasteiger charge is -2.38. The van der Waals surface area contributed by atoms with E-state index in [9.17, 15) is 22.8 Å². The zero-order chi connectivity index (χ0) is 18.9. The van der Waals surface area contributed by atoms with Crippen LogP contribution in [0.25, 0.3) is 0 Å². The largest absolute Gasteiger partial charge is 0.433 e. The van der Waals surface area contributed by atoms with Gasteiger partial charge < -0.3 is 9.64 Å². The van der Waals surface area contributed by atoms with E-state index in [4.69, 9.17) is 4.74 Å². The Morgan fingerprint density at radius 3 is 2.46 bits per heavy atom. The van der Waals surface area contributed by atoms with E-state index in [1.165, 1.54) is 12.1 Å². The van der Waals surface area contributed by atoms with Crippen LogP contribution in [0.5, 0.6) is 0 Å². The van der Waals surface area contributed by atoms with Gasteiger partial charge in [0.2, 0.25) is 0 Å². The Morgan fingerprint density at radius 1 is 1.15 bits per heavy atom. The Labute approximate surface area is 147 Å². The number of nitrogens with zero attached hydrogens (tertiary/aromatic N) is 3. The molecule has 136 valence electrons. The molecule has 3 rings (SSSR count). The van der Waals surface area contributed by atoms with E-state index < -0.39 is 18.0 Å². The normalized spacial score (nSPS) is 20.7. The van der Waals surface area contributed by atoms with Gasteiger partial charge in [-0.05, 0) is 36.8 Å². The average Bonchev–Trinajstić information content (AvgIpc) is 2.60. The van der Waals surface area contributed by atoms with Crippen molar-refractivity contribution in [3.8, 4) is 6.07 Å². The van der Waals surface area contributed by atoms with Gasteiger partial charge in [0, 0.05) is 13.1 Å². The first-order valence-electron chi connectivity index (χ1n) is 7.92. The second-order valence-corrected chi connectivity index (χ2v) is 6.07. The van der Waals surface area contributed by atoms with Crippen molar-refractivity contribution in [2.24, 2.45) is 0 Å². The van der Waals surface area contributed by atoms with Crippen LogP contribution in [-0.2, 0) is 10.9 Å². The van der Waals surface area contributed by atoms with E-state index in [1.807, 2.05) is 6.07 Å². The van der Waals surface area contributed by atoms with Crippen molar-refractivity contribution >= 4 is 5.82 Å². The molecule has 1 aromatic carbocycles. The number of ether oxygens (including phenoxy) is 1. The van der Waals surface area contributed by atoms with Crippen LogP contribution < -0.4 is 4.90 Å². The molecule has 1 fully saturated rings. The predicted octanol–water partition coefficient (Wildman–Crippen LogP) is 4.08. The second kappa shape index (κ2) is 6.92. The highest BCUT2D eigenvalue weighted by atomic mass is 19.4. The molecule has 0 saturated carbocycles. The minimum absolute atomic E-state index is 0.0235. The summed E-state index contributed by atoms with van der Waals surface area (Å²) >= 11 is 0. The predicted molar refractivity (Wildman–Crippen MR) is 85.9 cm³/mol. The Hall–Kier alpha value is -2.66. The number of hydrogen-bond acceptors (Lipinski definition) is 4. The molecule has 0 N–H and O–H groups in total. The molecule has 2 heterocycles. The fourth-order valence-electron chi connectivity index (χ4n) is 2.92. The quantitative estimate of drug-likeness (QED) is 0.753. The second-order valence-electron chi connectivity index (χ2n) is 6.07. The lowest BCUT2D eigenvalue weighted by Crippen LogP contribution is -2.43. The molecule has 1 aliphatic heterocycles. The van der Waals surface area contributed by atoms with Gasteiger partial charge in [-0.2, -0.15) is 18.4 Å². The van der Waals surface area contributed by atoms with Crippen LogP contribution in [0.3, 0.4) is 0 Å². The van der Waals surface area contributed by atoms with Crippen LogP contribution >= 0.6 is 0 Å². The molecule has 26 heavy (non-hydrogen) atoms. The van der Waals surface area contributed by atoms with E-state index >= 15 is 0 Å². The maximum absolute atomic E-state index is 13.1.